The summed E-state index contributed by atoms with van der Waals surface area (Å²) in [7, 11) is 0. The van der Waals surface area contributed by atoms with Gasteiger partial charge in [0.25, 0.3) is 0 Å². The lowest BCUT2D eigenvalue weighted by Gasteiger charge is -2.14. The first-order valence-corrected chi connectivity index (χ1v) is 7.09. The molecule has 0 saturated carbocycles. The number of aliphatic carboxylic acids is 1. The van der Waals surface area contributed by atoms with E-state index in [-0.39, 0.29) is 13.2 Å². The zero-order valence-electron chi connectivity index (χ0n) is 12.9. The molecule has 0 heterocycles. The van der Waals surface area contributed by atoms with Gasteiger partial charge in [-0.25, -0.2) is 14.4 Å². The third-order valence-electron chi connectivity index (χ3n) is 2.76. The second kappa shape index (κ2) is 9.24. The van der Waals surface area contributed by atoms with Gasteiger partial charge in [-0.3, -0.25) is 0 Å². The fraction of sp³-hybridized carbons (Fsp3) is 0.312. The molecule has 0 aliphatic heterocycles. The van der Waals surface area contributed by atoms with Crippen LogP contribution in [0.15, 0.2) is 42.1 Å². The van der Waals surface area contributed by atoms with Crippen LogP contribution in [-0.2, 0) is 23.9 Å². The Labute approximate surface area is 133 Å². The summed E-state index contributed by atoms with van der Waals surface area (Å²) in [4.78, 5) is 35.0. The van der Waals surface area contributed by atoms with E-state index in [1.165, 1.54) is 0 Å². The maximum atomic E-state index is 11.8. The molecule has 0 aliphatic carbocycles. The van der Waals surface area contributed by atoms with Crippen molar-refractivity contribution in [1.82, 2.24) is 5.32 Å². The van der Waals surface area contributed by atoms with Crippen LogP contribution in [-0.4, -0.2) is 36.2 Å². The normalized spacial score (nSPS) is 11.0. The zero-order chi connectivity index (χ0) is 17.2. The topological polar surface area (TPSA) is 102 Å². The smallest absolute Gasteiger partial charge is 0.347 e. The van der Waals surface area contributed by atoms with Gasteiger partial charge in [-0.2, -0.15) is 0 Å². The molecule has 0 fully saturated rings. The van der Waals surface area contributed by atoms with Gasteiger partial charge >= 0.3 is 17.9 Å². The van der Waals surface area contributed by atoms with E-state index in [1.807, 2.05) is 0 Å². The molecule has 7 heteroatoms. The van der Waals surface area contributed by atoms with Gasteiger partial charge in [-0.15, -0.1) is 0 Å². The van der Waals surface area contributed by atoms with Gasteiger partial charge < -0.3 is 19.9 Å². The predicted octanol–water partition coefficient (Wildman–Crippen LogP) is 1.41. The van der Waals surface area contributed by atoms with E-state index in [0.717, 1.165) is 6.20 Å². The van der Waals surface area contributed by atoms with Crippen LogP contribution in [0, 0.1) is 0 Å². The molecule has 1 atom stereocenters. The molecule has 7 nitrogen and oxygen atoms in total. The number of nitrogens with one attached hydrogen (secondary N) is 1. The maximum Gasteiger partial charge on any atom is 0.347 e. The molecule has 0 saturated heterocycles. The summed E-state index contributed by atoms with van der Waals surface area (Å²) < 4.78 is 9.55. The van der Waals surface area contributed by atoms with Gasteiger partial charge in [0.15, 0.2) is 5.57 Å². The highest BCUT2D eigenvalue weighted by molar-refractivity contribution is 6.14. The molecule has 1 aromatic rings. The number of hydrogen-bond acceptors (Lipinski definition) is 6. The van der Waals surface area contributed by atoms with Crippen molar-refractivity contribution in [2.24, 2.45) is 0 Å². The van der Waals surface area contributed by atoms with Crippen molar-refractivity contribution in [2.75, 3.05) is 13.2 Å². The lowest BCUT2D eigenvalue weighted by atomic mass is 10.1. The monoisotopic (exact) mass is 321 g/mol. The van der Waals surface area contributed by atoms with E-state index >= 15 is 0 Å². The number of carboxylic acids is 1. The van der Waals surface area contributed by atoms with E-state index < -0.39 is 29.5 Å². The first-order valence-electron chi connectivity index (χ1n) is 7.09. The maximum absolute atomic E-state index is 11.8. The molecule has 0 unspecified atom stereocenters. The molecule has 1 rings (SSSR count). The van der Waals surface area contributed by atoms with Crippen LogP contribution in [0.5, 0.6) is 0 Å². The number of carbonyl (C=O) groups is 3. The summed E-state index contributed by atoms with van der Waals surface area (Å²) in [5.74, 6) is -2.91. The minimum absolute atomic E-state index is 0.0800. The van der Waals surface area contributed by atoms with E-state index in [1.54, 1.807) is 44.2 Å². The van der Waals surface area contributed by atoms with Crippen molar-refractivity contribution in [3.05, 3.63) is 47.7 Å². The first-order chi connectivity index (χ1) is 11.0. The number of rotatable bonds is 8. The van der Waals surface area contributed by atoms with Gasteiger partial charge in [0.05, 0.1) is 13.2 Å². The highest BCUT2D eigenvalue weighted by Gasteiger charge is 2.23. The largest absolute Gasteiger partial charge is 0.479 e. The summed E-state index contributed by atoms with van der Waals surface area (Å²) in [6.45, 7) is 3.35. The highest BCUT2D eigenvalue weighted by Crippen LogP contribution is 2.13. The van der Waals surface area contributed by atoms with E-state index in [0.29, 0.717) is 5.56 Å². The Morgan fingerprint density at radius 1 is 1.09 bits per heavy atom. The van der Waals surface area contributed by atoms with Gasteiger partial charge in [-0.1, -0.05) is 30.3 Å². The standard InChI is InChI=1S/C16H19NO6/c1-3-22-15(20)12(16(21)23-4-2)10-17-13(14(18)19)11-8-6-5-7-9-11/h5-10,13,17H,3-4H2,1-2H3,(H,18,19)/t13-/m1/s1. The van der Waals surface area contributed by atoms with Gasteiger partial charge in [0.2, 0.25) is 0 Å². The van der Waals surface area contributed by atoms with E-state index in [9.17, 15) is 19.5 Å². The van der Waals surface area contributed by atoms with Crippen LogP contribution in [0.1, 0.15) is 25.5 Å². The molecule has 0 aromatic heterocycles. The summed E-state index contributed by atoms with van der Waals surface area (Å²) >= 11 is 0. The molecule has 0 spiro atoms. The minimum Gasteiger partial charge on any atom is -0.479 e. The SMILES string of the molecule is CCOC(=O)C(=CN[C@@H](C(=O)O)c1ccccc1)C(=O)OCC. The molecule has 0 bridgehead atoms. The Kier molecular flexibility index (Phi) is 7.32. The molecule has 0 radical (unpaired) electrons. The second-order valence-electron chi connectivity index (χ2n) is 4.35. The number of carbonyl (C=O) groups excluding carboxylic acids is 2. The molecule has 0 amide bonds. The van der Waals surface area contributed by atoms with Crippen molar-refractivity contribution in [1.29, 1.82) is 0 Å². The highest BCUT2D eigenvalue weighted by atomic mass is 16.6. The van der Waals surface area contributed by atoms with Crippen LogP contribution < -0.4 is 5.32 Å². The van der Waals surface area contributed by atoms with Crippen LogP contribution in [0.2, 0.25) is 0 Å². The average Bonchev–Trinajstić information content (AvgIpc) is 2.52. The number of esters is 2. The van der Waals surface area contributed by atoms with Crippen molar-refractivity contribution in [3.63, 3.8) is 0 Å². The lowest BCUT2D eigenvalue weighted by Crippen LogP contribution is -2.27. The Morgan fingerprint density at radius 3 is 2.04 bits per heavy atom. The number of hydrogen-bond donors (Lipinski definition) is 2. The number of carboxylic acid groups (broad SMARTS) is 1. The Bertz CT molecular complexity index is 561. The molecule has 124 valence electrons. The molecular formula is C16H19NO6. The first kappa shape index (κ1) is 18.2. The van der Waals surface area contributed by atoms with Gasteiger partial charge in [0.1, 0.15) is 6.04 Å². The minimum atomic E-state index is -1.15. The van der Waals surface area contributed by atoms with E-state index in [2.05, 4.69) is 5.32 Å². The van der Waals surface area contributed by atoms with Crippen molar-refractivity contribution >= 4 is 17.9 Å². The van der Waals surface area contributed by atoms with Gasteiger partial charge in [-0.05, 0) is 19.4 Å². The fourth-order valence-corrected chi connectivity index (χ4v) is 1.74. The fourth-order valence-electron chi connectivity index (χ4n) is 1.74. The van der Waals surface area contributed by atoms with Crippen molar-refractivity contribution in [3.8, 4) is 0 Å². The Hall–Kier alpha value is -2.83. The zero-order valence-corrected chi connectivity index (χ0v) is 12.9. The van der Waals surface area contributed by atoms with Crippen LogP contribution in [0.3, 0.4) is 0 Å². The van der Waals surface area contributed by atoms with Crippen LogP contribution in [0.25, 0.3) is 0 Å². The quantitative estimate of drug-likeness (QED) is 0.323. The summed E-state index contributed by atoms with van der Waals surface area (Å²) in [5, 5.41) is 11.9. The molecular weight excluding hydrogens is 302 g/mol. The lowest BCUT2D eigenvalue weighted by molar-refractivity contribution is -0.147. The molecule has 0 aliphatic rings. The Morgan fingerprint density at radius 2 is 1.61 bits per heavy atom. The van der Waals surface area contributed by atoms with Crippen LogP contribution in [0.4, 0.5) is 0 Å². The third-order valence-corrected chi connectivity index (χ3v) is 2.76. The Balaban J connectivity index is 3.02. The number of ether oxygens (including phenoxy) is 2. The summed E-state index contributed by atoms with van der Waals surface area (Å²) in [5.41, 5.74) is 0.0826. The van der Waals surface area contributed by atoms with E-state index in [4.69, 9.17) is 9.47 Å². The predicted molar refractivity (Wildman–Crippen MR) is 81.3 cm³/mol. The number of benzene rings is 1. The van der Waals surface area contributed by atoms with Crippen molar-refractivity contribution in [2.45, 2.75) is 19.9 Å². The molecule has 2 N–H and O–H groups in total. The van der Waals surface area contributed by atoms with Gasteiger partial charge in [0, 0.05) is 6.20 Å². The summed E-state index contributed by atoms with van der Waals surface area (Å²) in [6, 6.07) is 7.25. The van der Waals surface area contributed by atoms with Crippen LogP contribution >= 0.6 is 0 Å². The second-order valence-corrected chi connectivity index (χ2v) is 4.35. The summed E-state index contributed by atoms with van der Waals surface area (Å²) in [6.07, 6.45) is 1.02. The third kappa shape index (κ3) is 5.46. The average molecular weight is 321 g/mol. The van der Waals surface area contributed by atoms with Crippen molar-refractivity contribution < 1.29 is 29.0 Å². The molecule has 23 heavy (non-hydrogen) atoms. The molecule has 1 aromatic carbocycles.